The average Bonchev–Trinajstić information content (AvgIpc) is 2.73. The standard InChI is InChI=1S/C16H17BrN2O2/c1-10-5-14-11(6-12(10)8-17)7-13(9-18)19(14)15(20)21-16(2,3)4/h5-7H,8H2,1-4H3. The summed E-state index contributed by atoms with van der Waals surface area (Å²) in [5.41, 5.74) is 2.57. The monoisotopic (exact) mass is 348 g/mol. The minimum atomic E-state index is -0.606. The van der Waals surface area contributed by atoms with E-state index in [0.717, 1.165) is 21.8 Å². The first kappa shape index (κ1) is 15.6. The summed E-state index contributed by atoms with van der Waals surface area (Å²) in [5, 5.41) is 10.9. The smallest absolute Gasteiger partial charge is 0.420 e. The normalized spacial score (nSPS) is 11.4. The molecule has 0 bridgehead atoms. The van der Waals surface area contributed by atoms with Crippen molar-refractivity contribution in [1.82, 2.24) is 4.57 Å². The maximum atomic E-state index is 12.4. The van der Waals surface area contributed by atoms with E-state index < -0.39 is 11.7 Å². The Labute approximate surface area is 132 Å². The highest BCUT2D eigenvalue weighted by Gasteiger charge is 2.22. The van der Waals surface area contributed by atoms with Gasteiger partial charge in [0.1, 0.15) is 17.4 Å². The molecule has 2 rings (SSSR count). The quantitative estimate of drug-likeness (QED) is 0.713. The van der Waals surface area contributed by atoms with Gasteiger partial charge in [0.15, 0.2) is 0 Å². The number of halogens is 1. The Kier molecular flexibility index (Phi) is 4.11. The first-order chi connectivity index (χ1) is 9.76. The van der Waals surface area contributed by atoms with Crippen LogP contribution in [0.15, 0.2) is 18.2 Å². The van der Waals surface area contributed by atoms with Gasteiger partial charge in [-0.15, -0.1) is 0 Å². The van der Waals surface area contributed by atoms with Crippen LogP contribution in [0.3, 0.4) is 0 Å². The minimum absolute atomic E-state index is 0.283. The SMILES string of the molecule is Cc1cc2c(cc1CBr)cc(C#N)n2C(=O)OC(C)(C)C. The summed E-state index contributed by atoms with van der Waals surface area (Å²) in [6.07, 6.45) is -0.528. The lowest BCUT2D eigenvalue weighted by Crippen LogP contribution is -2.27. The average molecular weight is 349 g/mol. The molecule has 0 aliphatic carbocycles. The van der Waals surface area contributed by atoms with Crippen molar-refractivity contribution in [3.63, 3.8) is 0 Å². The van der Waals surface area contributed by atoms with Crippen molar-refractivity contribution < 1.29 is 9.53 Å². The summed E-state index contributed by atoms with van der Waals surface area (Å²) < 4.78 is 6.73. The number of benzene rings is 1. The molecule has 1 aromatic carbocycles. The van der Waals surface area contributed by atoms with Crippen LogP contribution in [0.5, 0.6) is 0 Å². The van der Waals surface area contributed by atoms with Gasteiger partial charge >= 0.3 is 6.09 Å². The molecule has 0 unspecified atom stereocenters. The number of carbonyl (C=O) groups excluding carboxylic acids is 1. The predicted molar refractivity (Wildman–Crippen MR) is 85.7 cm³/mol. The number of nitriles is 1. The van der Waals surface area contributed by atoms with Crippen molar-refractivity contribution in [2.24, 2.45) is 0 Å². The summed E-state index contributed by atoms with van der Waals surface area (Å²) >= 11 is 3.44. The lowest BCUT2D eigenvalue weighted by molar-refractivity contribution is 0.0543. The fourth-order valence-electron chi connectivity index (χ4n) is 2.14. The third-order valence-corrected chi connectivity index (χ3v) is 3.70. The Bertz CT molecular complexity index is 748. The van der Waals surface area contributed by atoms with E-state index in [1.807, 2.05) is 19.1 Å². The van der Waals surface area contributed by atoms with Gasteiger partial charge in [0.2, 0.25) is 0 Å². The van der Waals surface area contributed by atoms with Crippen molar-refractivity contribution in [2.45, 2.75) is 38.6 Å². The number of aryl methyl sites for hydroxylation is 1. The highest BCUT2D eigenvalue weighted by Crippen LogP contribution is 2.26. The molecule has 1 heterocycles. The largest absolute Gasteiger partial charge is 0.443 e. The molecule has 0 spiro atoms. The fourth-order valence-corrected chi connectivity index (χ4v) is 2.74. The predicted octanol–water partition coefficient (Wildman–Crippen LogP) is 4.50. The number of fused-ring (bicyclic) bond motifs is 1. The second-order valence-corrected chi connectivity index (χ2v) is 6.49. The molecule has 110 valence electrons. The van der Waals surface area contributed by atoms with Gasteiger partial charge in [0.25, 0.3) is 0 Å². The van der Waals surface area contributed by atoms with Crippen LogP contribution in [0.4, 0.5) is 4.79 Å². The molecule has 4 nitrogen and oxygen atoms in total. The Morgan fingerprint density at radius 3 is 2.57 bits per heavy atom. The van der Waals surface area contributed by atoms with Gasteiger partial charge in [-0.25, -0.2) is 9.36 Å². The number of ether oxygens (including phenoxy) is 1. The molecule has 0 fully saturated rings. The van der Waals surface area contributed by atoms with E-state index in [9.17, 15) is 10.1 Å². The van der Waals surface area contributed by atoms with E-state index >= 15 is 0 Å². The highest BCUT2D eigenvalue weighted by atomic mass is 79.9. The third kappa shape index (κ3) is 3.11. The minimum Gasteiger partial charge on any atom is -0.443 e. The first-order valence-corrected chi connectivity index (χ1v) is 7.73. The molecule has 0 saturated carbocycles. The molecule has 0 aliphatic heterocycles. The van der Waals surface area contributed by atoms with E-state index in [-0.39, 0.29) is 5.69 Å². The van der Waals surface area contributed by atoms with Crippen molar-refractivity contribution >= 4 is 32.9 Å². The van der Waals surface area contributed by atoms with E-state index in [4.69, 9.17) is 4.74 Å². The summed E-state index contributed by atoms with van der Waals surface area (Å²) in [6, 6.07) is 7.67. The van der Waals surface area contributed by atoms with Crippen molar-refractivity contribution in [2.75, 3.05) is 0 Å². The van der Waals surface area contributed by atoms with Crippen LogP contribution in [-0.4, -0.2) is 16.3 Å². The number of hydrogen-bond donors (Lipinski definition) is 0. The lowest BCUT2D eigenvalue weighted by Gasteiger charge is -2.20. The Balaban J connectivity index is 2.64. The third-order valence-electron chi connectivity index (χ3n) is 3.09. The molecule has 2 aromatic rings. The van der Waals surface area contributed by atoms with Gasteiger partial charge in [-0.05, 0) is 57.0 Å². The van der Waals surface area contributed by atoms with E-state index in [1.165, 1.54) is 4.57 Å². The second-order valence-electron chi connectivity index (χ2n) is 5.93. The number of aromatic nitrogens is 1. The van der Waals surface area contributed by atoms with Gasteiger partial charge in [0.05, 0.1) is 5.52 Å². The molecule has 0 aliphatic rings. The van der Waals surface area contributed by atoms with Crippen LogP contribution < -0.4 is 0 Å². The summed E-state index contributed by atoms with van der Waals surface area (Å²) in [5.74, 6) is 0. The van der Waals surface area contributed by atoms with Crippen molar-refractivity contribution in [3.05, 3.63) is 35.0 Å². The van der Waals surface area contributed by atoms with Crippen LogP contribution in [0, 0.1) is 18.3 Å². The Morgan fingerprint density at radius 1 is 1.38 bits per heavy atom. The molecule has 0 amide bonds. The molecular weight excluding hydrogens is 332 g/mol. The number of alkyl halides is 1. The van der Waals surface area contributed by atoms with Gasteiger partial charge in [-0.1, -0.05) is 15.9 Å². The van der Waals surface area contributed by atoms with Gasteiger partial charge in [-0.2, -0.15) is 5.26 Å². The topological polar surface area (TPSA) is 55.0 Å². The van der Waals surface area contributed by atoms with E-state index in [0.29, 0.717) is 5.52 Å². The van der Waals surface area contributed by atoms with E-state index in [1.54, 1.807) is 26.8 Å². The number of hydrogen-bond acceptors (Lipinski definition) is 3. The summed E-state index contributed by atoms with van der Waals surface area (Å²) in [7, 11) is 0. The molecule has 0 N–H and O–H groups in total. The van der Waals surface area contributed by atoms with Crippen LogP contribution in [0.2, 0.25) is 0 Å². The van der Waals surface area contributed by atoms with E-state index in [2.05, 4.69) is 22.0 Å². The molecular formula is C16H17BrN2O2. The van der Waals surface area contributed by atoms with Crippen LogP contribution >= 0.6 is 15.9 Å². The number of rotatable bonds is 1. The second kappa shape index (κ2) is 5.53. The first-order valence-electron chi connectivity index (χ1n) is 6.61. The van der Waals surface area contributed by atoms with Crippen LogP contribution in [0.1, 0.15) is 37.6 Å². The van der Waals surface area contributed by atoms with Crippen molar-refractivity contribution in [1.29, 1.82) is 5.26 Å². The molecule has 1 aromatic heterocycles. The van der Waals surface area contributed by atoms with Gasteiger partial charge in [-0.3, -0.25) is 0 Å². The zero-order valence-corrected chi connectivity index (χ0v) is 14.1. The zero-order valence-electron chi connectivity index (χ0n) is 12.5. The van der Waals surface area contributed by atoms with Crippen molar-refractivity contribution in [3.8, 4) is 6.07 Å². The number of carbonyl (C=O) groups is 1. The maximum absolute atomic E-state index is 12.4. The lowest BCUT2D eigenvalue weighted by atomic mass is 10.1. The fraction of sp³-hybridized carbons (Fsp3) is 0.375. The number of nitrogens with zero attached hydrogens (tertiary/aromatic N) is 2. The van der Waals surface area contributed by atoms with Gasteiger partial charge in [0, 0.05) is 10.7 Å². The Morgan fingerprint density at radius 2 is 2.05 bits per heavy atom. The molecule has 0 saturated heterocycles. The highest BCUT2D eigenvalue weighted by molar-refractivity contribution is 9.08. The maximum Gasteiger partial charge on any atom is 0.420 e. The van der Waals surface area contributed by atoms with Crippen LogP contribution in [-0.2, 0) is 10.1 Å². The zero-order chi connectivity index (χ0) is 15.8. The molecule has 0 radical (unpaired) electrons. The molecule has 0 atom stereocenters. The summed E-state index contributed by atoms with van der Waals surface area (Å²) in [4.78, 5) is 12.4. The van der Waals surface area contributed by atoms with Crippen LogP contribution in [0.25, 0.3) is 10.9 Å². The molecule has 5 heteroatoms. The van der Waals surface area contributed by atoms with Gasteiger partial charge < -0.3 is 4.74 Å². The molecule has 21 heavy (non-hydrogen) atoms. The summed E-state index contributed by atoms with van der Waals surface area (Å²) in [6.45, 7) is 7.39. The Hall–Kier alpha value is -1.80.